The third-order valence-corrected chi connectivity index (χ3v) is 4.33. The third-order valence-electron chi connectivity index (χ3n) is 3.66. The summed E-state index contributed by atoms with van der Waals surface area (Å²) in [6, 6.07) is 8.87. The Bertz CT molecular complexity index is 729. The Morgan fingerprint density at radius 1 is 1.16 bits per heavy atom. The topological polar surface area (TPSA) is 62.3 Å². The number of nitrogens with one attached hydrogen (secondary N) is 1. The van der Waals surface area contributed by atoms with Crippen LogP contribution in [0.2, 0.25) is 0 Å². The van der Waals surface area contributed by atoms with E-state index in [1.165, 1.54) is 6.20 Å². The number of hydrogen-bond donors (Lipinski definition) is 1. The first-order valence-electron chi connectivity index (χ1n) is 8.37. The van der Waals surface area contributed by atoms with Gasteiger partial charge in [0.2, 0.25) is 0 Å². The molecule has 2 amide bonds. The molecule has 0 aliphatic rings. The maximum atomic E-state index is 13.0. The van der Waals surface area contributed by atoms with Crippen LogP contribution in [0, 0.1) is 3.57 Å². The highest BCUT2D eigenvalue weighted by molar-refractivity contribution is 14.1. The number of pyridine rings is 1. The Morgan fingerprint density at radius 2 is 1.88 bits per heavy atom. The Balaban J connectivity index is 2.30. The second-order valence-corrected chi connectivity index (χ2v) is 6.92. The molecule has 1 heterocycles. The lowest BCUT2D eigenvalue weighted by Gasteiger charge is -2.23. The molecule has 0 unspecified atom stereocenters. The SMILES string of the molecule is CCCN(CCC)C(=O)c1cc(I)ccc1NC(=O)c1cccnc1. The summed E-state index contributed by atoms with van der Waals surface area (Å²) in [6.45, 7) is 5.51. The van der Waals surface area contributed by atoms with Gasteiger partial charge in [-0.3, -0.25) is 14.6 Å². The molecule has 25 heavy (non-hydrogen) atoms. The first-order chi connectivity index (χ1) is 12.1. The number of benzene rings is 1. The van der Waals surface area contributed by atoms with Gasteiger partial charge in [-0.25, -0.2) is 0 Å². The molecule has 0 saturated heterocycles. The molecule has 0 aliphatic carbocycles. The largest absolute Gasteiger partial charge is 0.339 e. The van der Waals surface area contributed by atoms with Crippen LogP contribution >= 0.6 is 22.6 Å². The van der Waals surface area contributed by atoms with E-state index in [-0.39, 0.29) is 11.8 Å². The average Bonchev–Trinajstić information content (AvgIpc) is 2.63. The van der Waals surface area contributed by atoms with Gasteiger partial charge in [-0.2, -0.15) is 0 Å². The van der Waals surface area contributed by atoms with Crippen LogP contribution in [0.4, 0.5) is 5.69 Å². The van der Waals surface area contributed by atoms with Crippen LogP contribution in [0.3, 0.4) is 0 Å². The number of nitrogens with zero attached hydrogens (tertiary/aromatic N) is 2. The van der Waals surface area contributed by atoms with Gasteiger partial charge in [0, 0.05) is 29.1 Å². The van der Waals surface area contributed by atoms with Crippen molar-refractivity contribution in [3.8, 4) is 0 Å². The van der Waals surface area contributed by atoms with Crippen LogP contribution in [-0.2, 0) is 0 Å². The highest BCUT2D eigenvalue weighted by atomic mass is 127. The fraction of sp³-hybridized carbons (Fsp3) is 0.316. The van der Waals surface area contributed by atoms with Gasteiger partial charge in [0.15, 0.2) is 0 Å². The normalized spacial score (nSPS) is 10.4. The molecule has 0 fully saturated rings. The van der Waals surface area contributed by atoms with Crippen LogP contribution in [-0.4, -0.2) is 34.8 Å². The number of amides is 2. The Labute approximate surface area is 162 Å². The molecular formula is C19H22IN3O2. The number of halogens is 1. The molecule has 0 radical (unpaired) electrons. The summed E-state index contributed by atoms with van der Waals surface area (Å²) in [7, 11) is 0. The van der Waals surface area contributed by atoms with E-state index in [9.17, 15) is 9.59 Å². The Kier molecular flexibility index (Phi) is 7.36. The zero-order chi connectivity index (χ0) is 18.2. The molecule has 132 valence electrons. The summed E-state index contributed by atoms with van der Waals surface area (Å²) in [4.78, 5) is 31.2. The molecule has 5 nitrogen and oxygen atoms in total. The zero-order valence-corrected chi connectivity index (χ0v) is 16.6. The lowest BCUT2D eigenvalue weighted by Crippen LogP contribution is -2.33. The van der Waals surface area contributed by atoms with Crippen molar-refractivity contribution in [2.45, 2.75) is 26.7 Å². The first-order valence-corrected chi connectivity index (χ1v) is 9.44. The molecule has 0 atom stereocenters. The molecule has 1 N–H and O–H groups in total. The second kappa shape index (κ2) is 9.50. The third kappa shape index (κ3) is 5.26. The minimum absolute atomic E-state index is 0.0521. The highest BCUT2D eigenvalue weighted by Gasteiger charge is 2.20. The minimum atomic E-state index is -0.277. The average molecular weight is 451 g/mol. The standard InChI is InChI=1S/C19H22IN3O2/c1-3-10-23(11-4-2)19(25)16-12-15(20)7-8-17(16)22-18(24)14-6-5-9-21-13-14/h5-9,12-13H,3-4,10-11H2,1-2H3,(H,22,24). The fourth-order valence-electron chi connectivity index (χ4n) is 2.52. The zero-order valence-electron chi connectivity index (χ0n) is 14.5. The van der Waals surface area contributed by atoms with Crippen molar-refractivity contribution in [3.63, 3.8) is 0 Å². The summed E-state index contributed by atoms with van der Waals surface area (Å²) in [5.41, 5.74) is 1.50. The lowest BCUT2D eigenvalue weighted by molar-refractivity contribution is 0.0756. The van der Waals surface area contributed by atoms with Gasteiger partial charge in [0.1, 0.15) is 0 Å². The van der Waals surface area contributed by atoms with Crippen LogP contribution < -0.4 is 5.32 Å². The van der Waals surface area contributed by atoms with Crippen molar-refractivity contribution in [1.82, 2.24) is 9.88 Å². The van der Waals surface area contributed by atoms with Crippen molar-refractivity contribution in [1.29, 1.82) is 0 Å². The van der Waals surface area contributed by atoms with Gasteiger partial charge in [0.05, 0.1) is 16.8 Å². The fourth-order valence-corrected chi connectivity index (χ4v) is 3.01. The molecule has 0 spiro atoms. The predicted octanol–water partition coefficient (Wildman–Crippen LogP) is 4.20. The van der Waals surface area contributed by atoms with Crippen LogP contribution in [0.25, 0.3) is 0 Å². The molecule has 0 aliphatic heterocycles. The Hall–Kier alpha value is -1.96. The number of aromatic nitrogens is 1. The lowest BCUT2D eigenvalue weighted by atomic mass is 10.1. The summed E-state index contributed by atoms with van der Waals surface area (Å²) < 4.78 is 0.952. The summed E-state index contributed by atoms with van der Waals surface area (Å²) in [5, 5.41) is 2.84. The van der Waals surface area contributed by atoms with Gasteiger partial charge >= 0.3 is 0 Å². The van der Waals surface area contributed by atoms with E-state index in [1.807, 2.05) is 17.0 Å². The van der Waals surface area contributed by atoms with Gasteiger partial charge in [0.25, 0.3) is 11.8 Å². The summed E-state index contributed by atoms with van der Waals surface area (Å²) in [6.07, 6.45) is 4.91. The number of carbonyl (C=O) groups excluding carboxylic acids is 2. The van der Waals surface area contributed by atoms with Crippen molar-refractivity contribution >= 4 is 40.1 Å². The van der Waals surface area contributed by atoms with E-state index in [4.69, 9.17) is 0 Å². The van der Waals surface area contributed by atoms with E-state index >= 15 is 0 Å². The smallest absolute Gasteiger partial charge is 0.257 e. The molecule has 0 saturated carbocycles. The quantitative estimate of drug-likeness (QED) is 0.642. The molecular weight excluding hydrogens is 429 g/mol. The van der Waals surface area contributed by atoms with Crippen molar-refractivity contribution in [2.75, 3.05) is 18.4 Å². The summed E-state index contributed by atoms with van der Waals surface area (Å²) >= 11 is 2.17. The van der Waals surface area contributed by atoms with E-state index in [2.05, 4.69) is 46.7 Å². The summed E-state index contributed by atoms with van der Waals surface area (Å²) in [5.74, 6) is -0.329. The minimum Gasteiger partial charge on any atom is -0.339 e. The number of hydrogen-bond acceptors (Lipinski definition) is 3. The van der Waals surface area contributed by atoms with Gasteiger partial charge in [-0.1, -0.05) is 13.8 Å². The predicted molar refractivity (Wildman–Crippen MR) is 108 cm³/mol. The maximum Gasteiger partial charge on any atom is 0.257 e. The highest BCUT2D eigenvalue weighted by Crippen LogP contribution is 2.22. The van der Waals surface area contributed by atoms with Gasteiger partial charge in [-0.15, -0.1) is 0 Å². The van der Waals surface area contributed by atoms with Gasteiger partial charge in [-0.05, 0) is 65.8 Å². The second-order valence-electron chi connectivity index (χ2n) is 5.68. The van der Waals surface area contributed by atoms with E-state index in [1.54, 1.807) is 24.4 Å². The molecule has 2 aromatic rings. The number of carbonyl (C=O) groups is 2. The molecule has 6 heteroatoms. The van der Waals surface area contributed by atoms with E-state index in [0.29, 0.717) is 29.9 Å². The first kappa shape index (κ1) is 19.4. The van der Waals surface area contributed by atoms with Crippen molar-refractivity contribution in [3.05, 3.63) is 57.4 Å². The van der Waals surface area contributed by atoms with E-state index < -0.39 is 0 Å². The number of anilines is 1. The van der Waals surface area contributed by atoms with Gasteiger partial charge < -0.3 is 10.2 Å². The van der Waals surface area contributed by atoms with E-state index in [0.717, 1.165) is 16.4 Å². The monoisotopic (exact) mass is 451 g/mol. The number of rotatable bonds is 7. The van der Waals surface area contributed by atoms with Crippen LogP contribution in [0.15, 0.2) is 42.7 Å². The maximum absolute atomic E-state index is 13.0. The van der Waals surface area contributed by atoms with Crippen LogP contribution in [0.1, 0.15) is 47.4 Å². The molecule has 2 rings (SSSR count). The Morgan fingerprint density at radius 3 is 2.48 bits per heavy atom. The molecule has 0 bridgehead atoms. The molecule has 1 aromatic heterocycles. The molecule has 1 aromatic carbocycles. The van der Waals surface area contributed by atoms with Crippen molar-refractivity contribution in [2.24, 2.45) is 0 Å². The van der Waals surface area contributed by atoms with Crippen molar-refractivity contribution < 1.29 is 9.59 Å². The van der Waals surface area contributed by atoms with Crippen LogP contribution in [0.5, 0.6) is 0 Å².